The smallest absolute Gasteiger partial charge is 0.129 e. The first-order valence-electron chi connectivity index (χ1n) is 4.72. The standard InChI is InChI=1S/C11H10Br2N2S/c1-15(6-8-5-10(13)16-7-8)11-4-2-3-9(12)14-11/h2-5,7H,6H2,1H3. The zero-order valence-corrected chi connectivity index (χ0v) is 12.6. The van der Waals surface area contributed by atoms with Gasteiger partial charge in [-0.1, -0.05) is 6.07 Å². The normalized spacial score (nSPS) is 10.4. The number of aromatic nitrogens is 1. The highest BCUT2D eigenvalue weighted by molar-refractivity contribution is 9.11. The Bertz CT molecular complexity index is 484. The molecule has 16 heavy (non-hydrogen) atoms. The highest BCUT2D eigenvalue weighted by atomic mass is 79.9. The van der Waals surface area contributed by atoms with Crippen LogP contribution in [-0.2, 0) is 6.54 Å². The minimum Gasteiger partial charge on any atom is -0.355 e. The summed E-state index contributed by atoms with van der Waals surface area (Å²) in [6.45, 7) is 0.867. The zero-order valence-electron chi connectivity index (χ0n) is 8.65. The summed E-state index contributed by atoms with van der Waals surface area (Å²) in [5.41, 5.74) is 1.29. The molecule has 2 aromatic heterocycles. The highest BCUT2D eigenvalue weighted by Crippen LogP contribution is 2.23. The van der Waals surface area contributed by atoms with E-state index in [1.807, 2.05) is 25.2 Å². The molecule has 5 heteroatoms. The number of thiophene rings is 1. The summed E-state index contributed by atoms with van der Waals surface area (Å²) < 4.78 is 2.03. The first kappa shape index (κ1) is 12.1. The molecule has 0 fully saturated rings. The van der Waals surface area contributed by atoms with Crippen molar-refractivity contribution in [1.82, 2.24) is 4.98 Å². The fourth-order valence-corrected chi connectivity index (χ4v) is 2.93. The van der Waals surface area contributed by atoms with Gasteiger partial charge in [0.05, 0.1) is 3.79 Å². The minimum absolute atomic E-state index is 0.864. The lowest BCUT2D eigenvalue weighted by atomic mass is 10.3. The fraction of sp³-hybridized carbons (Fsp3) is 0.182. The third kappa shape index (κ3) is 3.06. The summed E-state index contributed by atoms with van der Waals surface area (Å²) in [6.07, 6.45) is 0. The van der Waals surface area contributed by atoms with Gasteiger partial charge in [-0.05, 0) is 61.0 Å². The number of hydrogen-bond acceptors (Lipinski definition) is 3. The van der Waals surface area contributed by atoms with E-state index in [-0.39, 0.29) is 0 Å². The predicted molar refractivity (Wildman–Crippen MR) is 76.1 cm³/mol. The molecule has 0 atom stereocenters. The Morgan fingerprint density at radius 1 is 1.38 bits per heavy atom. The van der Waals surface area contributed by atoms with Crippen molar-refractivity contribution < 1.29 is 0 Å². The van der Waals surface area contributed by atoms with Gasteiger partial charge in [-0.25, -0.2) is 4.98 Å². The van der Waals surface area contributed by atoms with Gasteiger partial charge >= 0.3 is 0 Å². The largest absolute Gasteiger partial charge is 0.355 e. The molecule has 0 amide bonds. The van der Waals surface area contributed by atoms with Crippen molar-refractivity contribution in [3.63, 3.8) is 0 Å². The number of hydrogen-bond donors (Lipinski definition) is 0. The molecule has 2 aromatic rings. The second-order valence-electron chi connectivity index (χ2n) is 3.43. The van der Waals surface area contributed by atoms with Gasteiger partial charge in [-0.3, -0.25) is 0 Å². The molecule has 2 rings (SSSR count). The van der Waals surface area contributed by atoms with E-state index in [1.165, 1.54) is 5.56 Å². The third-order valence-electron chi connectivity index (χ3n) is 2.13. The lowest BCUT2D eigenvalue weighted by Gasteiger charge is -2.17. The maximum Gasteiger partial charge on any atom is 0.129 e. The van der Waals surface area contributed by atoms with Crippen LogP contribution in [0.2, 0.25) is 0 Å². The molecule has 2 heterocycles. The van der Waals surface area contributed by atoms with Gasteiger partial charge in [0.2, 0.25) is 0 Å². The van der Waals surface area contributed by atoms with E-state index in [9.17, 15) is 0 Å². The lowest BCUT2D eigenvalue weighted by Crippen LogP contribution is -2.17. The van der Waals surface area contributed by atoms with Crippen molar-refractivity contribution in [2.75, 3.05) is 11.9 Å². The minimum atomic E-state index is 0.864. The second kappa shape index (κ2) is 5.29. The Morgan fingerprint density at radius 3 is 2.81 bits per heavy atom. The molecule has 0 bridgehead atoms. The average Bonchev–Trinajstić information content (AvgIpc) is 2.64. The zero-order chi connectivity index (χ0) is 11.5. The van der Waals surface area contributed by atoms with E-state index in [0.717, 1.165) is 20.8 Å². The van der Waals surface area contributed by atoms with Gasteiger partial charge in [-0.15, -0.1) is 11.3 Å². The molecule has 0 aliphatic rings. The Balaban J connectivity index is 2.11. The number of pyridine rings is 1. The van der Waals surface area contributed by atoms with Gasteiger partial charge in [0.25, 0.3) is 0 Å². The van der Waals surface area contributed by atoms with Crippen LogP contribution in [-0.4, -0.2) is 12.0 Å². The van der Waals surface area contributed by atoms with Crippen LogP contribution < -0.4 is 4.90 Å². The first-order valence-corrected chi connectivity index (χ1v) is 7.18. The van der Waals surface area contributed by atoms with Crippen LogP contribution >= 0.6 is 43.2 Å². The molecule has 0 aliphatic heterocycles. The third-order valence-corrected chi connectivity index (χ3v) is 4.13. The Kier molecular flexibility index (Phi) is 4.00. The van der Waals surface area contributed by atoms with Crippen molar-refractivity contribution in [3.05, 3.63) is 43.6 Å². The topological polar surface area (TPSA) is 16.1 Å². The maximum absolute atomic E-state index is 4.41. The summed E-state index contributed by atoms with van der Waals surface area (Å²) in [6, 6.07) is 8.07. The van der Waals surface area contributed by atoms with Crippen molar-refractivity contribution in [2.24, 2.45) is 0 Å². The Morgan fingerprint density at radius 2 is 2.19 bits per heavy atom. The van der Waals surface area contributed by atoms with Gasteiger partial charge in [0.15, 0.2) is 0 Å². The summed E-state index contributed by atoms with van der Waals surface area (Å²) >= 11 is 8.55. The monoisotopic (exact) mass is 360 g/mol. The van der Waals surface area contributed by atoms with Crippen molar-refractivity contribution in [3.8, 4) is 0 Å². The van der Waals surface area contributed by atoms with Crippen LogP contribution in [0, 0.1) is 0 Å². The summed E-state index contributed by atoms with van der Waals surface area (Å²) in [5.74, 6) is 0.969. The van der Waals surface area contributed by atoms with E-state index in [4.69, 9.17) is 0 Å². The van der Waals surface area contributed by atoms with Crippen molar-refractivity contribution in [2.45, 2.75) is 6.54 Å². The molecule has 0 spiro atoms. The van der Waals surface area contributed by atoms with E-state index >= 15 is 0 Å². The molecule has 2 nitrogen and oxygen atoms in total. The average molecular weight is 362 g/mol. The summed E-state index contributed by atoms with van der Waals surface area (Å²) in [4.78, 5) is 6.53. The predicted octanol–water partition coefficient (Wildman–Crippen LogP) is 4.30. The van der Waals surface area contributed by atoms with Crippen LogP contribution in [0.1, 0.15) is 5.56 Å². The van der Waals surface area contributed by atoms with Crippen LogP contribution in [0.25, 0.3) is 0 Å². The van der Waals surface area contributed by atoms with Gasteiger partial charge in [0.1, 0.15) is 10.4 Å². The number of anilines is 1. The SMILES string of the molecule is CN(Cc1csc(Br)c1)c1cccc(Br)n1. The summed E-state index contributed by atoms with van der Waals surface area (Å²) in [7, 11) is 2.04. The maximum atomic E-state index is 4.41. The van der Waals surface area contributed by atoms with E-state index < -0.39 is 0 Å². The first-order chi connectivity index (χ1) is 7.65. The number of halogens is 2. The molecule has 0 saturated heterocycles. The molecule has 0 aliphatic carbocycles. The van der Waals surface area contributed by atoms with Crippen LogP contribution in [0.4, 0.5) is 5.82 Å². The number of rotatable bonds is 3. The van der Waals surface area contributed by atoms with Gasteiger partial charge in [-0.2, -0.15) is 0 Å². The van der Waals surface area contributed by atoms with E-state index in [2.05, 4.69) is 53.2 Å². The highest BCUT2D eigenvalue weighted by Gasteiger charge is 2.05. The van der Waals surface area contributed by atoms with Crippen LogP contribution in [0.15, 0.2) is 38.0 Å². The second-order valence-corrected chi connectivity index (χ2v) is 6.54. The van der Waals surface area contributed by atoms with E-state index in [1.54, 1.807) is 11.3 Å². The molecule has 0 radical (unpaired) electrons. The molecule has 0 N–H and O–H groups in total. The van der Waals surface area contributed by atoms with Crippen LogP contribution in [0.3, 0.4) is 0 Å². The van der Waals surface area contributed by atoms with Crippen molar-refractivity contribution >= 4 is 49.0 Å². The molecule has 84 valence electrons. The fourth-order valence-electron chi connectivity index (χ4n) is 1.39. The molecule has 0 saturated carbocycles. The molecule has 0 unspecified atom stereocenters. The van der Waals surface area contributed by atoms with Gasteiger partial charge in [0, 0.05) is 13.6 Å². The lowest BCUT2D eigenvalue weighted by molar-refractivity contribution is 0.898. The summed E-state index contributed by atoms with van der Waals surface area (Å²) in [5, 5.41) is 2.15. The Hall–Kier alpha value is -0.390. The molecular weight excluding hydrogens is 352 g/mol. The Labute approximate surface area is 116 Å². The van der Waals surface area contributed by atoms with Gasteiger partial charge < -0.3 is 4.90 Å². The van der Waals surface area contributed by atoms with E-state index in [0.29, 0.717) is 0 Å². The van der Waals surface area contributed by atoms with Crippen LogP contribution in [0.5, 0.6) is 0 Å². The molecular formula is C11H10Br2N2S. The number of nitrogens with zero attached hydrogens (tertiary/aromatic N) is 2. The van der Waals surface area contributed by atoms with Crippen molar-refractivity contribution in [1.29, 1.82) is 0 Å². The quantitative estimate of drug-likeness (QED) is 0.757. The molecule has 0 aromatic carbocycles.